The molecule has 0 bridgehead atoms. The molecule has 1 aromatic rings. The molecular weight excluding hydrogens is 454 g/mol. The van der Waals surface area contributed by atoms with Crippen molar-refractivity contribution >= 4 is 41.3 Å². The average Bonchev–Trinajstić information content (AvgIpc) is 2.92. The van der Waals surface area contributed by atoms with Gasteiger partial charge in [-0.25, -0.2) is 4.98 Å². The smallest absolute Gasteiger partial charge is 0.356 e. The van der Waals surface area contributed by atoms with Crippen molar-refractivity contribution in [3.05, 3.63) is 16.1 Å². The van der Waals surface area contributed by atoms with E-state index >= 15 is 0 Å². The maximum Gasteiger partial charge on any atom is 0.401 e. The lowest BCUT2D eigenvalue weighted by atomic mass is 10.4. The minimum atomic E-state index is -4.15. The maximum absolute atomic E-state index is 12.2. The van der Waals surface area contributed by atoms with Crippen molar-refractivity contribution in [1.29, 1.82) is 0 Å². The average molecular weight is 479 g/mol. The molecule has 5 nitrogen and oxygen atoms in total. The Morgan fingerprint density at radius 3 is 2.62 bits per heavy atom. The van der Waals surface area contributed by atoms with Crippen LogP contribution >= 0.6 is 35.3 Å². The second-order valence-corrected chi connectivity index (χ2v) is 6.33. The van der Waals surface area contributed by atoms with Gasteiger partial charge in [0.05, 0.1) is 13.1 Å². The highest BCUT2D eigenvalue weighted by atomic mass is 127. The lowest BCUT2D eigenvalue weighted by Gasteiger charge is -2.18. The number of aromatic nitrogens is 1. The molecule has 1 heterocycles. The first kappa shape index (κ1) is 23.4. The zero-order chi connectivity index (χ0) is 17.3. The molecule has 1 rings (SSSR count). The van der Waals surface area contributed by atoms with E-state index in [4.69, 9.17) is 0 Å². The standard InChI is InChI=1S/C14H24F3N5S.HI/c1-4-11-8-20-12(23-11)9-21-13(18-2)19-6-5-7-22(3)10-14(15,16)17;/h8H,4-7,9-10H2,1-3H3,(H2,18,19,21);1H. The van der Waals surface area contributed by atoms with Crippen LogP contribution < -0.4 is 10.6 Å². The lowest BCUT2D eigenvalue weighted by molar-refractivity contribution is -0.143. The summed E-state index contributed by atoms with van der Waals surface area (Å²) >= 11 is 1.65. The summed E-state index contributed by atoms with van der Waals surface area (Å²) in [6.45, 7) is 2.71. The molecule has 0 amide bonds. The molecule has 0 saturated carbocycles. The molecule has 0 atom stereocenters. The Morgan fingerprint density at radius 2 is 2.08 bits per heavy atom. The van der Waals surface area contributed by atoms with Crippen molar-refractivity contribution < 1.29 is 13.2 Å². The van der Waals surface area contributed by atoms with Crippen LogP contribution in [0.3, 0.4) is 0 Å². The molecule has 24 heavy (non-hydrogen) atoms. The SMILES string of the molecule is CCc1cnc(CNC(=NC)NCCCN(C)CC(F)(F)F)s1.I. The van der Waals surface area contributed by atoms with Crippen LogP contribution in [0.1, 0.15) is 23.2 Å². The molecule has 0 aliphatic heterocycles. The molecule has 0 fully saturated rings. The minimum Gasteiger partial charge on any atom is -0.356 e. The molecule has 0 aliphatic rings. The van der Waals surface area contributed by atoms with E-state index in [2.05, 4.69) is 27.5 Å². The van der Waals surface area contributed by atoms with Crippen LogP contribution in [0, 0.1) is 0 Å². The highest BCUT2D eigenvalue weighted by Crippen LogP contribution is 2.15. The largest absolute Gasteiger partial charge is 0.401 e. The summed E-state index contributed by atoms with van der Waals surface area (Å²) in [5.41, 5.74) is 0. The van der Waals surface area contributed by atoms with Crippen molar-refractivity contribution in [2.75, 3.05) is 33.7 Å². The van der Waals surface area contributed by atoms with Gasteiger partial charge in [0.15, 0.2) is 5.96 Å². The first-order valence-corrected chi connectivity index (χ1v) is 8.29. The number of nitrogens with zero attached hydrogens (tertiary/aromatic N) is 3. The number of nitrogens with one attached hydrogen (secondary N) is 2. The molecule has 1 aromatic heterocycles. The summed E-state index contributed by atoms with van der Waals surface area (Å²) in [7, 11) is 3.12. The summed E-state index contributed by atoms with van der Waals surface area (Å²) in [5.74, 6) is 0.622. The van der Waals surface area contributed by atoms with Crippen LogP contribution in [-0.2, 0) is 13.0 Å². The summed E-state index contributed by atoms with van der Waals surface area (Å²) in [6, 6.07) is 0. The molecule has 0 aliphatic carbocycles. The number of halogens is 4. The van der Waals surface area contributed by atoms with Gasteiger partial charge in [0.25, 0.3) is 0 Å². The highest BCUT2D eigenvalue weighted by Gasteiger charge is 2.28. The fourth-order valence-corrected chi connectivity index (χ4v) is 2.72. The van der Waals surface area contributed by atoms with Crippen LogP contribution in [0.15, 0.2) is 11.2 Å². The Kier molecular flexibility index (Phi) is 11.5. The molecule has 0 aromatic carbocycles. The van der Waals surface area contributed by atoms with Gasteiger partial charge in [0.1, 0.15) is 5.01 Å². The predicted octanol–water partition coefficient (Wildman–Crippen LogP) is 2.87. The molecular formula is C14H25F3IN5S. The van der Waals surface area contributed by atoms with Gasteiger partial charge in [-0.15, -0.1) is 35.3 Å². The molecule has 0 radical (unpaired) electrons. The van der Waals surface area contributed by atoms with Crippen molar-refractivity contribution in [2.45, 2.75) is 32.5 Å². The Hall–Kier alpha value is -0.620. The molecule has 2 N–H and O–H groups in total. The van der Waals surface area contributed by atoms with Gasteiger partial charge in [-0.05, 0) is 26.4 Å². The quantitative estimate of drug-likeness (QED) is 0.261. The monoisotopic (exact) mass is 479 g/mol. The van der Waals surface area contributed by atoms with Gasteiger partial charge in [-0.3, -0.25) is 9.89 Å². The second kappa shape index (κ2) is 11.9. The van der Waals surface area contributed by atoms with Crippen molar-refractivity contribution in [3.63, 3.8) is 0 Å². The molecule has 0 saturated heterocycles. The Morgan fingerprint density at radius 1 is 1.38 bits per heavy atom. The number of guanidine groups is 1. The lowest BCUT2D eigenvalue weighted by Crippen LogP contribution is -2.38. The van der Waals surface area contributed by atoms with Crippen LogP contribution in [0.2, 0.25) is 0 Å². The first-order valence-electron chi connectivity index (χ1n) is 7.47. The first-order chi connectivity index (χ1) is 10.8. The van der Waals surface area contributed by atoms with Gasteiger partial charge < -0.3 is 10.6 Å². The molecule has 10 heteroatoms. The van der Waals surface area contributed by atoms with Crippen molar-refractivity contribution in [1.82, 2.24) is 20.5 Å². The van der Waals surface area contributed by atoms with E-state index in [9.17, 15) is 13.2 Å². The number of thiazole rings is 1. The predicted molar refractivity (Wildman–Crippen MR) is 103 cm³/mol. The fraction of sp³-hybridized carbons (Fsp3) is 0.714. The van der Waals surface area contributed by atoms with Gasteiger partial charge in [0, 0.05) is 24.7 Å². The summed E-state index contributed by atoms with van der Waals surface area (Å²) in [6.07, 6.45) is -0.709. The van der Waals surface area contributed by atoms with E-state index < -0.39 is 12.7 Å². The molecule has 0 unspecified atom stereocenters. The summed E-state index contributed by atoms with van der Waals surface area (Å²) in [4.78, 5) is 10.9. The third-order valence-electron chi connectivity index (χ3n) is 3.04. The molecule has 140 valence electrons. The van der Waals surface area contributed by atoms with Crippen LogP contribution in [0.4, 0.5) is 13.2 Å². The summed E-state index contributed by atoms with van der Waals surface area (Å²) < 4.78 is 36.6. The fourth-order valence-electron chi connectivity index (χ4n) is 1.91. The number of rotatable bonds is 8. The topological polar surface area (TPSA) is 52.6 Å². The van der Waals surface area contributed by atoms with Crippen molar-refractivity contribution in [2.24, 2.45) is 4.99 Å². The maximum atomic E-state index is 12.2. The van der Waals surface area contributed by atoms with Crippen LogP contribution in [0.5, 0.6) is 0 Å². The minimum absolute atomic E-state index is 0. The zero-order valence-corrected chi connectivity index (χ0v) is 17.3. The Bertz CT molecular complexity index is 493. The van der Waals surface area contributed by atoms with E-state index in [1.165, 1.54) is 16.8 Å². The second-order valence-electron chi connectivity index (χ2n) is 5.13. The van der Waals surface area contributed by atoms with Crippen molar-refractivity contribution in [3.8, 4) is 0 Å². The van der Waals surface area contributed by atoms with Gasteiger partial charge in [0.2, 0.25) is 0 Å². The Labute approximate surface area is 162 Å². The third-order valence-corrected chi connectivity index (χ3v) is 4.18. The van der Waals surface area contributed by atoms with Crippen LogP contribution in [0.25, 0.3) is 0 Å². The van der Waals surface area contributed by atoms with Gasteiger partial charge >= 0.3 is 6.18 Å². The van der Waals surface area contributed by atoms with E-state index in [0.29, 0.717) is 32.0 Å². The Balaban J connectivity index is 0.00000529. The van der Waals surface area contributed by atoms with Gasteiger partial charge in [-0.1, -0.05) is 6.92 Å². The zero-order valence-electron chi connectivity index (χ0n) is 14.1. The van der Waals surface area contributed by atoms with Gasteiger partial charge in [-0.2, -0.15) is 13.2 Å². The van der Waals surface area contributed by atoms with Crippen LogP contribution in [-0.4, -0.2) is 55.7 Å². The molecule has 0 spiro atoms. The van der Waals surface area contributed by atoms with E-state index in [0.717, 1.165) is 11.4 Å². The number of hydrogen-bond acceptors (Lipinski definition) is 4. The van der Waals surface area contributed by atoms with E-state index in [1.807, 2.05) is 6.20 Å². The third kappa shape index (κ3) is 10.3. The number of aliphatic imine (C=N–C) groups is 1. The number of aryl methyl sites for hydroxylation is 1. The highest BCUT2D eigenvalue weighted by molar-refractivity contribution is 14.0. The number of hydrogen-bond donors (Lipinski definition) is 2. The normalized spacial score (nSPS) is 12.2. The summed E-state index contributed by atoms with van der Waals surface area (Å²) in [5, 5.41) is 7.21. The van der Waals surface area contributed by atoms with E-state index in [1.54, 1.807) is 18.4 Å². The number of alkyl halides is 3. The van der Waals surface area contributed by atoms with E-state index in [-0.39, 0.29) is 24.0 Å².